The van der Waals surface area contributed by atoms with E-state index in [0.717, 1.165) is 55.1 Å². The molecule has 2 saturated carbocycles. The Kier molecular flexibility index (Phi) is 10.7. The number of amides is 2. The van der Waals surface area contributed by atoms with Gasteiger partial charge in [0.1, 0.15) is 11.6 Å². The monoisotopic (exact) mass is 590 g/mol. The van der Waals surface area contributed by atoms with Crippen LogP contribution in [0.15, 0.2) is 42.9 Å². The Morgan fingerprint density at radius 1 is 0.953 bits per heavy atom. The number of nitrogens with zero attached hydrogens (tertiary/aromatic N) is 4. The van der Waals surface area contributed by atoms with Crippen molar-refractivity contribution in [2.75, 3.05) is 57.2 Å². The van der Waals surface area contributed by atoms with Gasteiger partial charge in [0.15, 0.2) is 0 Å². The molecule has 2 amide bonds. The van der Waals surface area contributed by atoms with E-state index in [2.05, 4.69) is 30.9 Å². The molecule has 0 saturated heterocycles. The lowest BCUT2D eigenvalue weighted by molar-refractivity contribution is -0.136. The van der Waals surface area contributed by atoms with Gasteiger partial charge in [-0.25, -0.2) is 9.97 Å². The summed E-state index contributed by atoms with van der Waals surface area (Å²) in [6.07, 6.45) is 10.3. The first-order valence-corrected chi connectivity index (χ1v) is 15.2. The van der Waals surface area contributed by atoms with Gasteiger partial charge in [-0.2, -0.15) is 0 Å². The van der Waals surface area contributed by atoms with Crippen molar-refractivity contribution in [3.63, 3.8) is 0 Å². The number of carbonyl (C=O) groups excluding carboxylic acids is 2. The highest BCUT2D eigenvalue weighted by Gasteiger charge is 2.30. The van der Waals surface area contributed by atoms with Gasteiger partial charge in [0.2, 0.25) is 5.91 Å². The summed E-state index contributed by atoms with van der Waals surface area (Å²) >= 11 is 0. The molecule has 0 aromatic carbocycles. The van der Waals surface area contributed by atoms with Crippen molar-refractivity contribution in [2.24, 2.45) is 11.7 Å². The standard InChI is InChI=1S/C31H42N8O4/c1-39(13-15-43-17-16-42-14-11-32)31(41)21-2-5-24(6-3-21)36-30(40)25-20-34-29(18-27(25)35-23-7-8-23)38-28-9-4-22-19-33-12-10-26(22)37-28/h4,9-10,12,18-21,23-24H,2-3,5-8,11,13-17,32H2,1H3,(H,36,40)(H2,34,35,37,38). The number of nitrogens with two attached hydrogens (primary N) is 1. The lowest BCUT2D eigenvalue weighted by Crippen LogP contribution is -2.42. The zero-order chi connectivity index (χ0) is 30.0. The van der Waals surface area contributed by atoms with E-state index >= 15 is 0 Å². The largest absolute Gasteiger partial charge is 0.382 e. The molecule has 0 radical (unpaired) electrons. The molecule has 3 aromatic rings. The minimum atomic E-state index is -0.155. The Hall–Kier alpha value is -3.87. The minimum Gasteiger partial charge on any atom is -0.382 e. The molecule has 230 valence electrons. The van der Waals surface area contributed by atoms with Crippen LogP contribution in [0, 0.1) is 5.92 Å². The molecule has 5 N–H and O–H groups in total. The van der Waals surface area contributed by atoms with Gasteiger partial charge in [-0.3, -0.25) is 14.6 Å². The zero-order valence-corrected chi connectivity index (χ0v) is 24.8. The molecule has 2 aliphatic rings. The normalized spacial score (nSPS) is 18.3. The highest BCUT2D eigenvalue weighted by Crippen LogP contribution is 2.30. The van der Waals surface area contributed by atoms with E-state index in [1.165, 1.54) is 0 Å². The van der Waals surface area contributed by atoms with Crippen LogP contribution in [-0.4, -0.2) is 90.3 Å². The average molecular weight is 591 g/mol. The Morgan fingerprint density at radius 3 is 2.49 bits per heavy atom. The van der Waals surface area contributed by atoms with E-state index in [1.54, 1.807) is 23.5 Å². The fourth-order valence-electron chi connectivity index (χ4n) is 5.21. The molecule has 3 aromatic heterocycles. The maximum absolute atomic E-state index is 13.4. The van der Waals surface area contributed by atoms with E-state index in [0.29, 0.717) is 62.8 Å². The second kappa shape index (κ2) is 15.0. The Balaban J connectivity index is 1.11. The molecule has 12 nitrogen and oxygen atoms in total. The summed E-state index contributed by atoms with van der Waals surface area (Å²) in [5.41, 5.74) is 7.50. The van der Waals surface area contributed by atoms with Crippen molar-refractivity contribution in [1.29, 1.82) is 0 Å². The van der Waals surface area contributed by atoms with Crippen LogP contribution in [0.3, 0.4) is 0 Å². The van der Waals surface area contributed by atoms with Gasteiger partial charge >= 0.3 is 0 Å². The van der Waals surface area contributed by atoms with Crippen LogP contribution < -0.4 is 21.7 Å². The van der Waals surface area contributed by atoms with E-state index in [1.807, 2.05) is 31.3 Å². The van der Waals surface area contributed by atoms with Gasteiger partial charge in [0, 0.05) is 68.2 Å². The number of likely N-dealkylation sites (N-methyl/N-ethyl adjacent to an activating group) is 1. The van der Waals surface area contributed by atoms with Crippen LogP contribution in [0.5, 0.6) is 0 Å². The van der Waals surface area contributed by atoms with Gasteiger partial charge in [-0.05, 0) is 56.7 Å². The summed E-state index contributed by atoms with van der Waals surface area (Å²) in [7, 11) is 1.82. The highest BCUT2D eigenvalue weighted by atomic mass is 16.5. The summed E-state index contributed by atoms with van der Waals surface area (Å²) in [5.74, 6) is 1.21. The summed E-state index contributed by atoms with van der Waals surface area (Å²) < 4.78 is 10.8. The number of hydrogen-bond donors (Lipinski definition) is 4. The van der Waals surface area contributed by atoms with Crippen LogP contribution in [0.2, 0.25) is 0 Å². The molecular formula is C31H42N8O4. The van der Waals surface area contributed by atoms with Crippen molar-refractivity contribution in [3.05, 3.63) is 48.4 Å². The third-order valence-corrected chi connectivity index (χ3v) is 7.82. The molecule has 12 heteroatoms. The van der Waals surface area contributed by atoms with E-state index in [-0.39, 0.29) is 23.8 Å². The number of carbonyl (C=O) groups is 2. The summed E-state index contributed by atoms with van der Waals surface area (Å²) in [4.78, 5) is 41.4. The fraction of sp³-hybridized carbons (Fsp3) is 0.516. The maximum atomic E-state index is 13.4. The van der Waals surface area contributed by atoms with Crippen molar-refractivity contribution in [1.82, 2.24) is 25.2 Å². The Labute approximate surface area is 252 Å². The molecule has 5 rings (SSSR count). The molecule has 0 spiro atoms. The summed E-state index contributed by atoms with van der Waals surface area (Å²) in [5, 5.41) is 10.9. The second-order valence-electron chi connectivity index (χ2n) is 11.2. The summed E-state index contributed by atoms with van der Waals surface area (Å²) in [6.45, 7) is 3.01. The van der Waals surface area contributed by atoms with Crippen LogP contribution in [-0.2, 0) is 14.3 Å². The molecule has 2 fully saturated rings. The minimum absolute atomic E-state index is 0.0153. The van der Waals surface area contributed by atoms with Gasteiger partial charge < -0.3 is 36.1 Å². The number of aromatic nitrogens is 3. The van der Waals surface area contributed by atoms with Crippen LogP contribution in [0.1, 0.15) is 48.9 Å². The van der Waals surface area contributed by atoms with Crippen molar-refractivity contribution < 1.29 is 19.1 Å². The number of anilines is 3. The third kappa shape index (κ3) is 8.82. The number of nitrogens with one attached hydrogen (secondary N) is 3. The number of fused-ring (bicyclic) bond motifs is 1. The maximum Gasteiger partial charge on any atom is 0.255 e. The second-order valence-corrected chi connectivity index (χ2v) is 11.2. The van der Waals surface area contributed by atoms with Crippen molar-refractivity contribution in [3.8, 4) is 0 Å². The van der Waals surface area contributed by atoms with Gasteiger partial charge in [-0.15, -0.1) is 0 Å². The van der Waals surface area contributed by atoms with Crippen LogP contribution >= 0.6 is 0 Å². The average Bonchev–Trinajstić information content (AvgIpc) is 3.84. The first kappa shape index (κ1) is 30.6. The van der Waals surface area contributed by atoms with Crippen molar-refractivity contribution in [2.45, 2.75) is 50.6 Å². The highest BCUT2D eigenvalue weighted by molar-refractivity contribution is 6.00. The number of ether oxygens (including phenoxy) is 2. The molecule has 2 aliphatic carbocycles. The first-order valence-electron chi connectivity index (χ1n) is 15.2. The lowest BCUT2D eigenvalue weighted by Gasteiger charge is -2.31. The predicted molar refractivity (Wildman–Crippen MR) is 165 cm³/mol. The predicted octanol–water partition coefficient (Wildman–Crippen LogP) is 3.08. The third-order valence-electron chi connectivity index (χ3n) is 7.82. The first-order chi connectivity index (χ1) is 21.0. The number of hydrogen-bond acceptors (Lipinski definition) is 10. The SMILES string of the molecule is CN(CCOCCOCCN)C(=O)C1CCC(NC(=O)c2cnc(Nc3ccc4cnccc4n3)cc2NC2CC2)CC1. The molecule has 43 heavy (non-hydrogen) atoms. The molecule has 0 atom stereocenters. The molecular weight excluding hydrogens is 548 g/mol. The molecule has 0 unspecified atom stereocenters. The van der Waals surface area contributed by atoms with E-state index in [9.17, 15) is 9.59 Å². The van der Waals surface area contributed by atoms with E-state index in [4.69, 9.17) is 15.2 Å². The Bertz CT molecular complexity index is 1380. The van der Waals surface area contributed by atoms with E-state index < -0.39 is 0 Å². The van der Waals surface area contributed by atoms with Crippen LogP contribution in [0.25, 0.3) is 10.9 Å². The van der Waals surface area contributed by atoms with Crippen molar-refractivity contribution >= 4 is 40.0 Å². The van der Waals surface area contributed by atoms with Gasteiger partial charge in [0.05, 0.1) is 43.2 Å². The quantitative estimate of drug-likeness (QED) is 0.194. The lowest BCUT2D eigenvalue weighted by atomic mass is 9.85. The smallest absolute Gasteiger partial charge is 0.255 e. The zero-order valence-electron chi connectivity index (χ0n) is 24.8. The molecule has 0 aliphatic heterocycles. The molecule has 3 heterocycles. The number of pyridine rings is 3. The number of rotatable bonds is 15. The topological polar surface area (TPSA) is 157 Å². The summed E-state index contributed by atoms with van der Waals surface area (Å²) in [6, 6.07) is 7.95. The Morgan fingerprint density at radius 2 is 1.72 bits per heavy atom. The van der Waals surface area contributed by atoms with Gasteiger partial charge in [-0.1, -0.05) is 0 Å². The molecule has 0 bridgehead atoms. The van der Waals surface area contributed by atoms with Gasteiger partial charge in [0.25, 0.3) is 5.91 Å². The fourth-order valence-corrected chi connectivity index (χ4v) is 5.21. The van der Waals surface area contributed by atoms with Crippen LogP contribution in [0.4, 0.5) is 17.3 Å².